The van der Waals surface area contributed by atoms with E-state index < -0.39 is 0 Å². The molecular formula is C62H40N2O. The van der Waals surface area contributed by atoms with Gasteiger partial charge in [-0.25, -0.2) is 0 Å². The quantitative estimate of drug-likeness (QED) is 0.160. The average Bonchev–Trinajstić information content (AvgIpc) is 3.94. The number of benzene rings is 11. The number of fused-ring (bicyclic) bond motifs is 10. The second-order valence-electron chi connectivity index (χ2n) is 16.9. The molecule has 3 nitrogen and oxygen atoms in total. The largest absolute Gasteiger partial charge is 0.453 e. The normalized spacial score (nSPS) is 11.7. The Morgan fingerprint density at radius 3 is 1.60 bits per heavy atom. The summed E-state index contributed by atoms with van der Waals surface area (Å²) < 4.78 is 9.55. The van der Waals surface area contributed by atoms with Crippen LogP contribution < -0.4 is 4.90 Å². The average molecular weight is 829 g/mol. The molecule has 0 amide bonds. The lowest BCUT2D eigenvalue weighted by molar-refractivity contribution is 0.673. The van der Waals surface area contributed by atoms with Crippen LogP contribution in [0.4, 0.5) is 17.1 Å². The molecular weight excluding hydrogens is 789 g/mol. The molecule has 0 aliphatic heterocycles. The summed E-state index contributed by atoms with van der Waals surface area (Å²) in [7, 11) is 0. The highest BCUT2D eigenvalue weighted by molar-refractivity contribution is 6.20. The molecule has 0 spiro atoms. The van der Waals surface area contributed by atoms with Gasteiger partial charge >= 0.3 is 0 Å². The smallest absolute Gasteiger partial charge is 0.159 e. The van der Waals surface area contributed by atoms with Gasteiger partial charge in [-0.05, 0) is 92.7 Å². The highest BCUT2D eigenvalue weighted by Crippen LogP contribution is 2.46. The second kappa shape index (κ2) is 15.0. The molecule has 0 saturated heterocycles. The zero-order chi connectivity index (χ0) is 42.8. The maximum atomic E-state index is 7.08. The molecule has 0 bridgehead atoms. The van der Waals surface area contributed by atoms with Gasteiger partial charge in [-0.15, -0.1) is 0 Å². The first-order valence-corrected chi connectivity index (χ1v) is 22.2. The summed E-state index contributed by atoms with van der Waals surface area (Å²) in [5.41, 5.74) is 15.3. The molecule has 304 valence electrons. The van der Waals surface area contributed by atoms with E-state index in [1.807, 2.05) is 0 Å². The summed E-state index contributed by atoms with van der Waals surface area (Å²) in [5, 5.41) is 9.29. The molecule has 0 N–H and O–H groups in total. The third-order valence-electron chi connectivity index (χ3n) is 13.1. The van der Waals surface area contributed by atoms with E-state index >= 15 is 0 Å². The molecule has 3 heteroatoms. The van der Waals surface area contributed by atoms with Crippen LogP contribution in [-0.4, -0.2) is 4.57 Å². The molecule has 0 aliphatic rings. The maximum absolute atomic E-state index is 7.08. The van der Waals surface area contributed by atoms with Gasteiger partial charge in [0.2, 0.25) is 0 Å². The van der Waals surface area contributed by atoms with Crippen molar-refractivity contribution in [2.45, 2.75) is 0 Å². The Morgan fingerprint density at radius 1 is 0.308 bits per heavy atom. The minimum Gasteiger partial charge on any atom is -0.453 e. The summed E-state index contributed by atoms with van der Waals surface area (Å²) in [6.07, 6.45) is 0. The summed E-state index contributed by atoms with van der Waals surface area (Å²) in [6, 6.07) is 87.7. The molecule has 0 fully saturated rings. The van der Waals surface area contributed by atoms with Crippen molar-refractivity contribution < 1.29 is 4.42 Å². The maximum Gasteiger partial charge on any atom is 0.159 e. The van der Waals surface area contributed by atoms with Crippen LogP contribution >= 0.6 is 0 Å². The van der Waals surface area contributed by atoms with E-state index in [-0.39, 0.29) is 0 Å². The van der Waals surface area contributed by atoms with Crippen LogP contribution in [0, 0.1) is 0 Å². The zero-order valence-corrected chi connectivity index (χ0v) is 35.4. The number of aromatic nitrogens is 1. The molecule has 2 aromatic heterocycles. The fourth-order valence-electron chi connectivity index (χ4n) is 10.1. The van der Waals surface area contributed by atoms with Crippen LogP contribution in [0.25, 0.3) is 104 Å². The van der Waals surface area contributed by atoms with Gasteiger partial charge in [0.25, 0.3) is 0 Å². The van der Waals surface area contributed by atoms with Gasteiger partial charge in [-0.2, -0.15) is 0 Å². The Morgan fingerprint density at radius 2 is 0.831 bits per heavy atom. The number of nitrogens with zero attached hydrogens (tertiary/aromatic N) is 2. The van der Waals surface area contributed by atoms with Crippen LogP contribution in [-0.2, 0) is 0 Å². The lowest BCUT2D eigenvalue weighted by atomic mass is 9.99. The fourth-order valence-corrected chi connectivity index (χ4v) is 10.1. The van der Waals surface area contributed by atoms with E-state index in [0.717, 1.165) is 72.1 Å². The van der Waals surface area contributed by atoms with E-state index in [9.17, 15) is 0 Å². The topological polar surface area (TPSA) is 21.3 Å². The predicted octanol–water partition coefficient (Wildman–Crippen LogP) is 17.5. The Hall–Kier alpha value is -8.66. The molecule has 13 rings (SSSR count). The number of furan rings is 1. The minimum atomic E-state index is 0.846. The van der Waals surface area contributed by atoms with E-state index in [1.54, 1.807) is 0 Å². The Bertz CT molecular complexity index is 3940. The first-order chi connectivity index (χ1) is 32.2. The van der Waals surface area contributed by atoms with E-state index in [4.69, 9.17) is 4.42 Å². The number of hydrogen-bond acceptors (Lipinski definition) is 2. The highest BCUT2D eigenvalue weighted by atomic mass is 16.3. The molecule has 0 atom stereocenters. The van der Waals surface area contributed by atoms with Gasteiger partial charge in [0.1, 0.15) is 5.58 Å². The van der Waals surface area contributed by atoms with Crippen LogP contribution in [0.3, 0.4) is 0 Å². The molecule has 0 unspecified atom stereocenters. The first-order valence-electron chi connectivity index (χ1n) is 22.2. The molecule has 13 aromatic rings. The first kappa shape index (κ1) is 36.9. The number of rotatable bonds is 7. The van der Waals surface area contributed by atoms with Crippen molar-refractivity contribution in [2.75, 3.05) is 4.90 Å². The third kappa shape index (κ3) is 6.12. The van der Waals surface area contributed by atoms with E-state index in [0.29, 0.717) is 0 Å². The van der Waals surface area contributed by atoms with Gasteiger partial charge in [0, 0.05) is 49.4 Å². The molecule has 65 heavy (non-hydrogen) atoms. The SMILES string of the molecule is c1ccc(-c2ccc(-c3cccc(N(c4ccc5c6ccc7ccccc7c6n(-c6cccc(-c7ccccc7)c6)c5c4)c4cccc5c4oc4c6ccccc6ccc54)c3)cc2)cc1. The van der Waals surface area contributed by atoms with Crippen molar-refractivity contribution in [1.82, 2.24) is 4.57 Å². The standard InChI is InChI=1S/C62H40N2O/c1-3-14-41(15-4-1)43-28-30-44(31-29-43)48-21-11-22-49(38-48)63(58-27-13-26-56-57-36-33-46-19-8-10-25-53(46)61(57)65-62(56)58)51-34-37-54-55-35-32-45-18-7-9-24-52(45)60(55)64(59(54)40-51)50-23-12-20-47(39-50)42-16-5-2-6-17-42/h1-40H. The predicted molar refractivity (Wildman–Crippen MR) is 274 cm³/mol. The van der Waals surface area contributed by atoms with Gasteiger partial charge in [-0.3, -0.25) is 0 Å². The molecule has 0 aliphatic carbocycles. The number of para-hydroxylation sites is 1. The van der Waals surface area contributed by atoms with Crippen molar-refractivity contribution in [2.24, 2.45) is 0 Å². The lowest BCUT2D eigenvalue weighted by Gasteiger charge is -2.26. The van der Waals surface area contributed by atoms with Gasteiger partial charge in [0.15, 0.2) is 5.58 Å². The van der Waals surface area contributed by atoms with E-state index in [1.165, 1.54) is 49.3 Å². The molecule has 0 radical (unpaired) electrons. The Kier molecular flexibility index (Phi) is 8.53. The van der Waals surface area contributed by atoms with Crippen molar-refractivity contribution in [3.63, 3.8) is 0 Å². The number of hydrogen-bond donors (Lipinski definition) is 0. The molecule has 2 heterocycles. The summed E-state index contributed by atoms with van der Waals surface area (Å²) >= 11 is 0. The van der Waals surface area contributed by atoms with Crippen LogP contribution in [0.2, 0.25) is 0 Å². The third-order valence-corrected chi connectivity index (χ3v) is 13.1. The summed E-state index contributed by atoms with van der Waals surface area (Å²) in [6.45, 7) is 0. The fraction of sp³-hybridized carbons (Fsp3) is 0. The zero-order valence-electron chi connectivity index (χ0n) is 35.4. The van der Waals surface area contributed by atoms with Crippen LogP contribution in [0.15, 0.2) is 247 Å². The van der Waals surface area contributed by atoms with Crippen molar-refractivity contribution in [1.29, 1.82) is 0 Å². The van der Waals surface area contributed by atoms with Crippen molar-refractivity contribution >= 4 is 82.4 Å². The van der Waals surface area contributed by atoms with Gasteiger partial charge in [0.05, 0.1) is 16.7 Å². The summed E-state index contributed by atoms with van der Waals surface area (Å²) in [5.74, 6) is 0. The second-order valence-corrected chi connectivity index (χ2v) is 16.9. The highest BCUT2D eigenvalue weighted by Gasteiger charge is 2.23. The van der Waals surface area contributed by atoms with Gasteiger partial charge < -0.3 is 13.9 Å². The monoisotopic (exact) mass is 828 g/mol. The molecule has 0 saturated carbocycles. The Labute approximate surface area is 376 Å². The minimum absolute atomic E-state index is 0.846. The van der Waals surface area contributed by atoms with Crippen molar-refractivity contribution in [3.8, 4) is 39.1 Å². The van der Waals surface area contributed by atoms with Crippen LogP contribution in [0.1, 0.15) is 0 Å². The van der Waals surface area contributed by atoms with Gasteiger partial charge in [-0.1, -0.05) is 194 Å². The van der Waals surface area contributed by atoms with Crippen molar-refractivity contribution in [3.05, 3.63) is 243 Å². The van der Waals surface area contributed by atoms with Crippen LogP contribution in [0.5, 0.6) is 0 Å². The Balaban J connectivity index is 1.06. The number of anilines is 3. The summed E-state index contributed by atoms with van der Waals surface area (Å²) in [4.78, 5) is 2.38. The lowest BCUT2D eigenvalue weighted by Crippen LogP contribution is -2.10. The molecule has 11 aromatic carbocycles. The van der Waals surface area contributed by atoms with E-state index in [2.05, 4.69) is 252 Å².